The Labute approximate surface area is 149 Å². The van der Waals surface area contributed by atoms with Gasteiger partial charge in [0.15, 0.2) is 4.80 Å². The first-order chi connectivity index (χ1) is 11.4. The molecule has 0 aliphatic rings. The molecule has 3 rings (SSSR count). The van der Waals surface area contributed by atoms with Crippen LogP contribution in [0.3, 0.4) is 0 Å². The number of nitrogens with zero attached hydrogens (tertiary/aromatic N) is 4. The highest BCUT2D eigenvalue weighted by atomic mass is 35.5. The summed E-state index contributed by atoms with van der Waals surface area (Å²) in [6.07, 6.45) is 0. The number of aromatic nitrogens is 3. The second-order valence-corrected chi connectivity index (χ2v) is 7.31. The van der Waals surface area contributed by atoms with Gasteiger partial charge >= 0.3 is 0 Å². The Morgan fingerprint density at radius 3 is 2.79 bits per heavy atom. The molecule has 0 N–H and O–H groups in total. The number of hydrogen-bond acceptors (Lipinski definition) is 3. The predicted molar refractivity (Wildman–Crippen MR) is 97.7 cm³/mol. The molecule has 0 unspecified atom stereocenters. The van der Waals surface area contributed by atoms with Crippen molar-refractivity contribution >= 4 is 39.1 Å². The molecule has 1 aromatic carbocycles. The molecule has 0 aliphatic heterocycles. The summed E-state index contributed by atoms with van der Waals surface area (Å²) < 4.78 is 4.77. The molecular formula is C17H19ClN4OS. The molecule has 0 bridgehead atoms. The van der Waals surface area contributed by atoms with E-state index in [-0.39, 0.29) is 11.9 Å². The molecule has 0 radical (unpaired) electrons. The number of benzene rings is 1. The third-order valence-corrected chi connectivity index (χ3v) is 5.00. The number of amides is 1. The van der Waals surface area contributed by atoms with E-state index in [1.807, 2.05) is 50.5 Å². The van der Waals surface area contributed by atoms with Gasteiger partial charge in [-0.2, -0.15) is 10.1 Å². The zero-order chi connectivity index (χ0) is 17.4. The minimum atomic E-state index is -0.274. The number of carbonyl (C=O) groups is 1. The van der Waals surface area contributed by atoms with Crippen molar-refractivity contribution in [3.05, 3.63) is 45.5 Å². The second kappa shape index (κ2) is 6.53. The summed E-state index contributed by atoms with van der Waals surface area (Å²) in [5.74, 6) is -0.274. The summed E-state index contributed by atoms with van der Waals surface area (Å²) in [6, 6.07) is 7.61. The van der Waals surface area contributed by atoms with Crippen molar-refractivity contribution in [1.82, 2.24) is 14.3 Å². The van der Waals surface area contributed by atoms with Gasteiger partial charge in [-0.25, -0.2) is 0 Å². The van der Waals surface area contributed by atoms with E-state index in [4.69, 9.17) is 11.6 Å². The number of aryl methyl sites for hydroxylation is 2. The van der Waals surface area contributed by atoms with Crippen LogP contribution in [0.4, 0.5) is 0 Å². The number of carbonyl (C=O) groups excluding carboxylic acids is 1. The van der Waals surface area contributed by atoms with E-state index in [0.29, 0.717) is 15.5 Å². The van der Waals surface area contributed by atoms with Crippen LogP contribution in [0.1, 0.15) is 43.0 Å². The van der Waals surface area contributed by atoms with Crippen LogP contribution in [-0.4, -0.2) is 20.3 Å². The maximum Gasteiger partial charge on any atom is 0.297 e. The van der Waals surface area contributed by atoms with Crippen molar-refractivity contribution in [1.29, 1.82) is 0 Å². The maximum absolute atomic E-state index is 12.7. The summed E-state index contributed by atoms with van der Waals surface area (Å²) in [5.41, 5.74) is 2.36. The van der Waals surface area contributed by atoms with Gasteiger partial charge in [-0.15, -0.1) is 0 Å². The fourth-order valence-corrected chi connectivity index (χ4v) is 4.02. The molecule has 0 spiro atoms. The number of hydrogen-bond donors (Lipinski definition) is 0. The van der Waals surface area contributed by atoms with Crippen LogP contribution < -0.4 is 4.80 Å². The lowest BCUT2D eigenvalue weighted by Gasteiger charge is -2.08. The van der Waals surface area contributed by atoms with Crippen LogP contribution in [0.15, 0.2) is 29.3 Å². The van der Waals surface area contributed by atoms with Crippen LogP contribution >= 0.6 is 22.9 Å². The Hall–Kier alpha value is -1.92. The number of halogens is 1. The van der Waals surface area contributed by atoms with Gasteiger partial charge < -0.3 is 4.57 Å². The third kappa shape index (κ3) is 3.03. The SMILES string of the molecule is CCn1c(=NC(=O)c2cc(C)nn2C(C)C)sc2cc(Cl)ccc21. The molecule has 3 aromatic rings. The van der Waals surface area contributed by atoms with Gasteiger partial charge in [0, 0.05) is 17.6 Å². The van der Waals surface area contributed by atoms with Crippen molar-refractivity contribution < 1.29 is 4.79 Å². The average molecular weight is 363 g/mol. The van der Waals surface area contributed by atoms with Crippen molar-refractivity contribution in [2.45, 2.75) is 40.3 Å². The van der Waals surface area contributed by atoms with Crippen LogP contribution in [0.5, 0.6) is 0 Å². The Balaban J connectivity index is 2.15. The number of rotatable bonds is 3. The second-order valence-electron chi connectivity index (χ2n) is 5.87. The van der Waals surface area contributed by atoms with Gasteiger partial charge in [0.2, 0.25) is 0 Å². The minimum absolute atomic E-state index is 0.104. The van der Waals surface area contributed by atoms with Gasteiger partial charge in [-0.1, -0.05) is 22.9 Å². The largest absolute Gasteiger partial charge is 0.317 e. The van der Waals surface area contributed by atoms with Crippen LogP contribution in [-0.2, 0) is 6.54 Å². The summed E-state index contributed by atoms with van der Waals surface area (Å²) in [6.45, 7) is 8.64. The Bertz CT molecular complexity index is 980. The molecule has 24 heavy (non-hydrogen) atoms. The fourth-order valence-electron chi connectivity index (χ4n) is 2.65. The molecular weight excluding hydrogens is 344 g/mol. The van der Waals surface area contributed by atoms with E-state index in [1.165, 1.54) is 11.3 Å². The summed E-state index contributed by atoms with van der Waals surface area (Å²) in [7, 11) is 0. The van der Waals surface area contributed by atoms with Crippen molar-refractivity contribution in [2.75, 3.05) is 0 Å². The molecule has 0 saturated heterocycles. The molecule has 126 valence electrons. The van der Waals surface area contributed by atoms with Gasteiger partial charge in [-0.3, -0.25) is 9.48 Å². The van der Waals surface area contributed by atoms with Crippen molar-refractivity contribution in [3.63, 3.8) is 0 Å². The predicted octanol–water partition coefficient (Wildman–Crippen LogP) is 4.20. The molecule has 0 fully saturated rings. The highest BCUT2D eigenvalue weighted by molar-refractivity contribution is 7.16. The van der Waals surface area contributed by atoms with Gasteiger partial charge in [0.25, 0.3) is 5.91 Å². The van der Waals surface area contributed by atoms with E-state index in [9.17, 15) is 4.79 Å². The van der Waals surface area contributed by atoms with Crippen LogP contribution in [0.25, 0.3) is 10.2 Å². The molecule has 1 amide bonds. The molecule has 7 heteroatoms. The summed E-state index contributed by atoms with van der Waals surface area (Å²) in [4.78, 5) is 17.7. The van der Waals surface area contributed by atoms with Gasteiger partial charge in [-0.05, 0) is 52.0 Å². The fraction of sp³-hybridized carbons (Fsp3) is 0.353. The lowest BCUT2D eigenvalue weighted by molar-refractivity contribution is 0.0986. The lowest BCUT2D eigenvalue weighted by atomic mass is 10.3. The summed E-state index contributed by atoms with van der Waals surface area (Å²) in [5, 5.41) is 5.06. The third-order valence-electron chi connectivity index (χ3n) is 3.72. The molecule has 0 atom stereocenters. The highest BCUT2D eigenvalue weighted by Gasteiger charge is 2.16. The average Bonchev–Trinajstić information content (AvgIpc) is 3.06. The monoisotopic (exact) mass is 362 g/mol. The zero-order valence-electron chi connectivity index (χ0n) is 14.1. The smallest absolute Gasteiger partial charge is 0.297 e. The lowest BCUT2D eigenvalue weighted by Crippen LogP contribution is -2.18. The van der Waals surface area contributed by atoms with Crippen LogP contribution in [0, 0.1) is 6.92 Å². The van der Waals surface area contributed by atoms with E-state index >= 15 is 0 Å². The molecule has 0 aliphatic carbocycles. The number of thiazole rings is 1. The molecule has 0 saturated carbocycles. The van der Waals surface area contributed by atoms with E-state index in [1.54, 1.807) is 10.7 Å². The Kier molecular flexibility index (Phi) is 4.60. The molecule has 2 heterocycles. The first-order valence-corrected chi connectivity index (χ1v) is 9.04. The number of fused-ring (bicyclic) bond motifs is 1. The minimum Gasteiger partial charge on any atom is -0.317 e. The molecule has 2 aromatic heterocycles. The highest BCUT2D eigenvalue weighted by Crippen LogP contribution is 2.22. The van der Waals surface area contributed by atoms with Gasteiger partial charge in [0.1, 0.15) is 5.69 Å². The topological polar surface area (TPSA) is 52.2 Å². The standard InChI is InChI=1S/C17H19ClN4OS/c1-5-21-13-7-6-12(18)9-15(13)24-17(21)19-16(23)14-8-11(4)20-22(14)10(2)3/h6-10H,5H2,1-4H3. The van der Waals surface area contributed by atoms with E-state index in [0.717, 1.165) is 22.5 Å². The van der Waals surface area contributed by atoms with Crippen LogP contribution in [0.2, 0.25) is 5.02 Å². The summed E-state index contributed by atoms with van der Waals surface area (Å²) >= 11 is 7.54. The van der Waals surface area contributed by atoms with E-state index < -0.39 is 0 Å². The van der Waals surface area contributed by atoms with Gasteiger partial charge in [0.05, 0.1) is 15.9 Å². The normalized spacial score (nSPS) is 12.5. The zero-order valence-corrected chi connectivity index (χ0v) is 15.6. The van der Waals surface area contributed by atoms with E-state index in [2.05, 4.69) is 10.1 Å². The quantitative estimate of drug-likeness (QED) is 0.701. The van der Waals surface area contributed by atoms with Crippen molar-refractivity contribution in [2.24, 2.45) is 4.99 Å². The first kappa shape index (κ1) is 16.9. The Morgan fingerprint density at radius 2 is 2.12 bits per heavy atom. The molecule has 5 nitrogen and oxygen atoms in total. The maximum atomic E-state index is 12.7. The first-order valence-electron chi connectivity index (χ1n) is 7.84. The van der Waals surface area contributed by atoms with Crippen molar-refractivity contribution in [3.8, 4) is 0 Å². The Morgan fingerprint density at radius 1 is 1.38 bits per heavy atom.